The molecule has 2 aromatic rings. The lowest BCUT2D eigenvalue weighted by molar-refractivity contribution is -0.122. The highest BCUT2D eigenvalue weighted by Crippen LogP contribution is 2.23. The molecule has 0 saturated carbocycles. The van der Waals surface area contributed by atoms with Crippen LogP contribution in [0.2, 0.25) is 5.15 Å². The van der Waals surface area contributed by atoms with E-state index in [0.29, 0.717) is 13.1 Å². The van der Waals surface area contributed by atoms with Crippen molar-refractivity contribution in [3.8, 4) is 0 Å². The maximum Gasteiger partial charge on any atom is 0.234 e. The standard InChI is InChI=1S/C21H30ClN5O/c1-3-9-23-20(28)16-26-12-10-25(11-13-26)15-19-17(2)24-27(21(19)22)14-18-7-5-4-6-8-18/h4-8H,3,9-16H2,1-2H3,(H,23,28). The Bertz CT molecular complexity index is 769. The molecule has 1 amide bonds. The van der Waals surface area contributed by atoms with Gasteiger partial charge in [0.05, 0.1) is 18.8 Å². The number of aromatic nitrogens is 2. The quantitative estimate of drug-likeness (QED) is 0.735. The number of halogens is 1. The zero-order valence-electron chi connectivity index (χ0n) is 16.8. The minimum absolute atomic E-state index is 0.122. The van der Waals surface area contributed by atoms with Gasteiger partial charge < -0.3 is 5.32 Å². The van der Waals surface area contributed by atoms with E-state index in [1.54, 1.807) is 0 Å². The molecule has 6 nitrogen and oxygen atoms in total. The topological polar surface area (TPSA) is 53.4 Å². The van der Waals surface area contributed by atoms with Crippen LogP contribution in [0.4, 0.5) is 0 Å². The number of carbonyl (C=O) groups is 1. The predicted octanol–water partition coefficient (Wildman–Crippen LogP) is 2.54. The first-order chi connectivity index (χ1) is 13.6. The third-order valence-electron chi connectivity index (χ3n) is 5.14. The van der Waals surface area contributed by atoms with E-state index < -0.39 is 0 Å². The van der Waals surface area contributed by atoms with Crippen molar-refractivity contribution >= 4 is 17.5 Å². The second-order valence-corrected chi connectivity index (χ2v) is 7.76. The number of carbonyl (C=O) groups excluding carboxylic acids is 1. The van der Waals surface area contributed by atoms with Crippen molar-refractivity contribution in [2.75, 3.05) is 39.3 Å². The number of piperazine rings is 1. The fourth-order valence-electron chi connectivity index (χ4n) is 3.48. The fourth-order valence-corrected chi connectivity index (χ4v) is 3.78. The molecule has 1 saturated heterocycles. The predicted molar refractivity (Wildman–Crippen MR) is 113 cm³/mol. The Balaban J connectivity index is 1.53. The zero-order chi connectivity index (χ0) is 19.9. The summed E-state index contributed by atoms with van der Waals surface area (Å²) in [5.41, 5.74) is 3.28. The van der Waals surface area contributed by atoms with E-state index in [-0.39, 0.29) is 5.91 Å². The van der Waals surface area contributed by atoms with Crippen LogP contribution in [0, 0.1) is 6.92 Å². The smallest absolute Gasteiger partial charge is 0.234 e. The van der Waals surface area contributed by atoms with Gasteiger partial charge in [-0.1, -0.05) is 48.9 Å². The molecule has 0 radical (unpaired) electrons. The molecule has 1 aromatic carbocycles. The molecule has 1 N–H and O–H groups in total. The average molecular weight is 404 g/mol. The van der Waals surface area contributed by atoms with Crippen molar-refractivity contribution < 1.29 is 4.79 Å². The van der Waals surface area contributed by atoms with Crippen LogP contribution in [0.1, 0.15) is 30.2 Å². The summed E-state index contributed by atoms with van der Waals surface area (Å²) < 4.78 is 1.88. The molecule has 0 bridgehead atoms. The second kappa shape index (κ2) is 10.0. The number of nitrogens with one attached hydrogen (secondary N) is 1. The van der Waals surface area contributed by atoms with E-state index in [1.807, 2.05) is 29.8 Å². The minimum atomic E-state index is 0.122. The highest BCUT2D eigenvalue weighted by atomic mass is 35.5. The van der Waals surface area contributed by atoms with Crippen LogP contribution in [-0.2, 0) is 17.9 Å². The summed E-state index contributed by atoms with van der Waals surface area (Å²) in [5.74, 6) is 0.122. The Hall–Kier alpha value is -1.89. The third kappa shape index (κ3) is 5.56. The van der Waals surface area contributed by atoms with Gasteiger partial charge in [0.15, 0.2) is 0 Å². The third-order valence-corrected chi connectivity index (χ3v) is 5.57. The monoisotopic (exact) mass is 403 g/mol. The van der Waals surface area contributed by atoms with Gasteiger partial charge in [-0.3, -0.25) is 14.6 Å². The summed E-state index contributed by atoms with van der Waals surface area (Å²) in [4.78, 5) is 16.5. The van der Waals surface area contributed by atoms with Crippen LogP contribution in [0.5, 0.6) is 0 Å². The van der Waals surface area contributed by atoms with Crippen molar-refractivity contribution in [2.24, 2.45) is 0 Å². The van der Waals surface area contributed by atoms with Gasteiger partial charge in [-0.15, -0.1) is 0 Å². The first-order valence-corrected chi connectivity index (χ1v) is 10.4. The molecule has 1 aromatic heterocycles. The van der Waals surface area contributed by atoms with Crippen molar-refractivity contribution in [1.82, 2.24) is 24.9 Å². The van der Waals surface area contributed by atoms with Crippen LogP contribution >= 0.6 is 11.6 Å². The number of hydrogen-bond acceptors (Lipinski definition) is 4. The fraction of sp³-hybridized carbons (Fsp3) is 0.524. The van der Waals surface area contributed by atoms with E-state index in [1.165, 1.54) is 5.56 Å². The van der Waals surface area contributed by atoms with Crippen LogP contribution in [0.25, 0.3) is 0 Å². The largest absolute Gasteiger partial charge is 0.355 e. The van der Waals surface area contributed by atoms with Crippen molar-refractivity contribution in [2.45, 2.75) is 33.4 Å². The summed E-state index contributed by atoms with van der Waals surface area (Å²) in [5, 5.41) is 8.32. The molecular weight excluding hydrogens is 374 g/mol. The molecule has 7 heteroatoms. The molecule has 0 atom stereocenters. The first-order valence-electron chi connectivity index (χ1n) is 10.0. The Kier molecular flexibility index (Phi) is 7.48. The molecule has 0 aliphatic carbocycles. The van der Waals surface area contributed by atoms with Gasteiger partial charge in [0.1, 0.15) is 5.15 Å². The van der Waals surface area contributed by atoms with Crippen LogP contribution in [0.15, 0.2) is 30.3 Å². The van der Waals surface area contributed by atoms with Crippen molar-refractivity contribution in [3.05, 3.63) is 52.3 Å². The molecule has 1 aliphatic heterocycles. The van der Waals surface area contributed by atoms with Gasteiger partial charge in [-0.2, -0.15) is 5.10 Å². The lowest BCUT2D eigenvalue weighted by Gasteiger charge is -2.34. The molecule has 2 heterocycles. The van der Waals surface area contributed by atoms with E-state index in [4.69, 9.17) is 11.6 Å². The van der Waals surface area contributed by atoms with E-state index in [0.717, 1.165) is 62.1 Å². The van der Waals surface area contributed by atoms with Gasteiger partial charge in [-0.25, -0.2) is 4.68 Å². The van der Waals surface area contributed by atoms with Crippen molar-refractivity contribution in [1.29, 1.82) is 0 Å². The maximum absolute atomic E-state index is 11.9. The van der Waals surface area contributed by atoms with Gasteiger partial charge in [0.25, 0.3) is 0 Å². The normalized spacial score (nSPS) is 15.7. The Morgan fingerprint density at radius 1 is 1.11 bits per heavy atom. The van der Waals surface area contributed by atoms with Crippen LogP contribution < -0.4 is 5.32 Å². The Morgan fingerprint density at radius 2 is 1.79 bits per heavy atom. The zero-order valence-corrected chi connectivity index (χ0v) is 17.6. The summed E-state index contributed by atoms with van der Waals surface area (Å²) in [6.07, 6.45) is 0.970. The van der Waals surface area contributed by atoms with Gasteiger partial charge in [-0.05, 0) is 18.9 Å². The van der Waals surface area contributed by atoms with E-state index in [2.05, 4.69) is 39.3 Å². The lowest BCUT2D eigenvalue weighted by Crippen LogP contribution is -2.49. The molecule has 28 heavy (non-hydrogen) atoms. The maximum atomic E-state index is 11.9. The highest BCUT2D eigenvalue weighted by Gasteiger charge is 2.22. The molecular formula is C21H30ClN5O. The summed E-state index contributed by atoms with van der Waals surface area (Å²) in [7, 11) is 0. The van der Waals surface area contributed by atoms with Gasteiger partial charge >= 0.3 is 0 Å². The minimum Gasteiger partial charge on any atom is -0.355 e. The SMILES string of the molecule is CCCNC(=O)CN1CCN(Cc2c(C)nn(Cc3ccccc3)c2Cl)CC1. The molecule has 0 spiro atoms. The van der Waals surface area contributed by atoms with Gasteiger partial charge in [0.2, 0.25) is 5.91 Å². The Morgan fingerprint density at radius 3 is 2.46 bits per heavy atom. The number of rotatable bonds is 8. The molecule has 1 fully saturated rings. The second-order valence-electron chi connectivity index (χ2n) is 7.40. The van der Waals surface area contributed by atoms with Crippen molar-refractivity contribution in [3.63, 3.8) is 0 Å². The summed E-state index contributed by atoms with van der Waals surface area (Å²) >= 11 is 6.66. The Labute approximate surface area is 172 Å². The van der Waals surface area contributed by atoms with Crippen LogP contribution in [0.3, 0.4) is 0 Å². The molecule has 0 unspecified atom stereocenters. The molecule has 152 valence electrons. The number of aryl methyl sites for hydroxylation is 1. The van der Waals surface area contributed by atoms with E-state index in [9.17, 15) is 4.79 Å². The first kappa shape index (κ1) is 20.8. The van der Waals surface area contributed by atoms with Gasteiger partial charge in [0, 0.05) is 44.8 Å². The lowest BCUT2D eigenvalue weighted by atomic mass is 10.2. The average Bonchev–Trinajstić information content (AvgIpc) is 2.96. The number of benzene rings is 1. The molecule has 3 rings (SSSR count). The van der Waals surface area contributed by atoms with Crippen LogP contribution in [-0.4, -0.2) is 64.8 Å². The number of amides is 1. The number of nitrogens with zero attached hydrogens (tertiary/aromatic N) is 4. The number of hydrogen-bond donors (Lipinski definition) is 1. The summed E-state index contributed by atoms with van der Waals surface area (Å²) in [6, 6.07) is 10.2. The molecule has 1 aliphatic rings. The highest BCUT2D eigenvalue weighted by molar-refractivity contribution is 6.30. The summed E-state index contributed by atoms with van der Waals surface area (Å²) in [6.45, 7) is 10.5. The van der Waals surface area contributed by atoms with E-state index >= 15 is 0 Å².